The van der Waals surface area contributed by atoms with Crippen molar-refractivity contribution >= 4 is 5.97 Å². The fourth-order valence-corrected chi connectivity index (χ4v) is 2.58. The minimum absolute atomic E-state index is 0.128. The van der Waals surface area contributed by atoms with Crippen LogP contribution >= 0.6 is 0 Å². The second-order valence-electron chi connectivity index (χ2n) is 5.03. The number of hydrogen-bond acceptors (Lipinski definition) is 4. The van der Waals surface area contributed by atoms with Crippen molar-refractivity contribution in [3.8, 4) is 0 Å². The molecule has 104 valence electrons. The zero-order valence-corrected chi connectivity index (χ0v) is 11.4. The molecule has 4 heteroatoms. The van der Waals surface area contributed by atoms with Crippen LogP contribution in [-0.2, 0) is 16.1 Å². The van der Waals surface area contributed by atoms with Crippen molar-refractivity contribution in [1.29, 1.82) is 0 Å². The number of carbonyl (C=O) groups excluding carboxylic acids is 1. The molecule has 1 aliphatic heterocycles. The van der Waals surface area contributed by atoms with Crippen LogP contribution in [0, 0.1) is 5.92 Å². The number of nitrogens with zero attached hydrogens (tertiary/aromatic N) is 1. The van der Waals surface area contributed by atoms with Crippen LogP contribution in [-0.4, -0.2) is 36.6 Å². The quantitative estimate of drug-likeness (QED) is 0.833. The molecule has 4 nitrogen and oxygen atoms in total. The van der Waals surface area contributed by atoms with Gasteiger partial charge in [-0.1, -0.05) is 30.3 Å². The van der Waals surface area contributed by atoms with Gasteiger partial charge in [-0.15, -0.1) is 0 Å². The smallest absolute Gasteiger partial charge is 0.310 e. The van der Waals surface area contributed by atoms with Crippen LogP contribution in [0.15, 0.2) is 30.3 Å². The molecule has 19 heavy (non-hydrogen) atoms. The van der Waals surface area contributed by atoms with E-state index in [-0.39, 0.29) is 17.9 Å². The predicted molar refractivity (Wildman–Crippen MR) is 74.4 cm³/mol. The highest BCUT2D eigenvalue weighted by atomic mass is 16.5. The fourth-order valence-electron chi connectivity index (χ4n) is 2.58. The maximum Gasteiger partial charge on any atom is 0.310 e. The van der Waals surface area contributed by atoms with E-state index >= 15 is 0 Å². The zero-order chi connectivity index (χ0) is 13.7. The predicted octanol–water partition coefficient (Wildman–Crippen LogP) is 1.40. The van der Waals surface area contributed by atoms with E-state index < -0.39 is 0 Å². The van der Waals surface area contributed by atoms with E-state index in [0.29, 0.717) is 6.61 Å². The number of piperidine rings is 1. The summed E-state index contributed by atoms with van der Waals surface area (Å²) in [4.78, 5) is 14.1. The topological polar surface area (TPSA) is 55.6 Å². The first-order valence-corrected chi connectivity index (χ1v) is 6.89. The molecule has 1 aromatic carbocycles. The first-order valence-electron chi connectivity index (χ1n) is 6.89. The van der Waals surface area contributed by atoms with E-state index in [2.05, 4.69) is 17.0 Å². The van der Waals surface area contributed by atoms with Gasteiger partial charge in [0.25, 0.3) is 0 Å². The second kappa shape index (κ2) is 6.68. The molecule has 0 bridgehead atoms. The minimum atomic E-state index is -0.146. The van der Waals surface area contributed by atoms with Gasteiger partial charge in [0.05, 0.1) is 12.5 Å². The fraction of sp³-hybridized carbons (Fsp3) is 0.533. The van der Waals surface area contributed by atoms with Gasteiger partial charge in [-0.3, -0.25) is 9.69 Å². The normalized spacial score (nSPS) is 24.1. The SMILES string of the molecule is CCOC(=O)[C@@H]1CCN(Cc2ccccc2)C[C@@H]1N. The lowest BCUT2D eigenvalue weighted by atomic mass is 9.92. The summed E-state index contributed by atoms with van der Waals surface area (Å²) < 4.78 is 5.07. The molecule has 0 aromatic heterocycles. The number of esters is 1. The Morgan fingerprint density at radius 1 is 1.42 bits per heavy atom. The van der Waals surface area contributed by atoms with Crippen molar-refractivity contribution in [1.82, 2.24) is 4.90 Å². The average molecular weight is 262 g/mol. The Labute approximate surface area is 114 Å². The molecule has 0 spiro atoms. The van der Waals surface area contributed by atoms with Crippen molar-refractivity contribution in [3.63, 3.8) is 0 Å². The summed E-state index contributed by atoms with van der Waals surface area (Å²) in [7, 11) is 0. The lowest BCUT2D eigenvalue weighted by Crippen LogP contribution is -2.51. The summed E-state index contributed by atoms with van der Waals surface area (Å²) in [5.41, 5.74) is 7.39. The minimum Gasteiger partial charge on any atom is -0.466 e. The molecule has 2 atom stereocenters. The van der Waals surface area contributed by atoms with Crippen LogP contribution in [0.4, 0.5) is 0 Å². The molecule has 0 amide bonds. The van der Waals surface area contributed by atoms with E-state index in [9.17, 15) is 4.79 Å². The molecule has 0 aliphatic carbocycles. The summed E-state index contributed by atoms with van der Waals surface area (Å²) in [6.45, 7) is 4.79. The maximum absolute atomic E-state index is 11.8. The van der Waals surface area contributed by atoms with E-state index in [1.54, 1.807) is 0 Å². The first-order chi connectivity index (χ1) is 9.20. The van der Waals surface area contributed by atoms with Crippen LogP contribution in [0.3, 0.4) is 0 Å². The van der Waals surface area contributed by atoms with Crippen LogP contribution < -0.4 is 5.73 Å². The van der Waals surface area contributed by atoms with Crippen molar-refractivity contribution in [3.05, 3.63) is 35.9 Å². The highest BCUT2D eigenvalue weighted by Crippen LogP contribution is 2.19. The number of hydrogen-bond donors (Lipinski definition) is 1. The van der Waals surface area contributed by atoms with E-state index in [1.807, 2.05) is 25.1 Å². The van der Waals surface area contributed by atoms with Gasteiger partial charge in [-0.25, -0.2) is 0 Å². The summed E-state index contributed by atoms with van der Waals surface area (Å²) in [5, 5.41) is 0. The summed E-state index contributed by atoms with van der Waals surface area (Å²) >= 11 is 0. The van der Waals surface area contributed by atoms with Crippen molar-refractivity contribution in [2.24, 2.45) is 11.7 Å². The maximum atomic E-state index is 11.8. The Hall–Kier alpha value is -1.39. The highest BCUT2D eigenvalue weighted by Gasteiger charge is 2.32. The number of likely N-dealkylation sites (tertiary alicyclic amines) is 1. The van der Waals surface area contributed by atoms with Gasteiger partial charge in [-0.2, -0.15) is 0 Å². The summed E-state index contributed by atoms with van der Waals surface area (Å²) in [5.74, 6) is -0.290. The van der Waals surface area contributed by atoms with Gasteiger partial charge in [0.15, 0.2) is 0 Å². The Bertz CT molecular complexity index is 408. The number of nitrogens with two attached hydrogens (primary N) is 1. The Morgan fingerprint density at radius 3 is 2.79 bits per heavy atom. The van der Waals surface area contributed by atoms with Crippen molar-refractivity contribution in [2.45, 2.75) is 25.9 Å². The van der Waals surface area contributed by atoms with E-state index in [4.69, 9.17) is 10.5 Å². The number of rotatable bonds is 4. The molecule has 0 radical (unpaired) electrons. The Kier molecular flexibility index (Phi) is 4.93. The molecule has 1 aromatic rings. The summed E-state index contributed by atoms with van der Waals surface area (Å²) in [6.07, 6.45) is 0.785. The van der Waals surface area contributed by atoms with Gasteiger partial charge in [0.1, 0.15) is 0 Å². The number of ether oxygens (including phenoxy) is 1. The lowest BCUT2D eigenvalue weighted by Gasteiger charge is -2.35. The standard InChI is InChI=1S/C15H22N2O2/c1-2-19-15(18)13-8-9-17(11-14(13)16)10-12-6-4-3-5-7-12/h3-7,13-14H,2,8-11,16H2,1H3/t13-,14+/m1/s1. The summed E-state index contributed by atoms with van der Waals surface area (Å²) in [6, 6.07) is 10.2. The molecule has 1 fully saturated rings. The third-order valence-electron chi connectivity index (χ3n) is 3.58. The van der Waals surface area contributed by atoms with Crippen LogP contribution in [0.2, 0.25) is 0 Å². The van der Waals surface area contributed by atoms with E-state index in [0.717, 1.165) is 26.1 Å². The third-order valence-corrected chi connectivity index (χ3v) is 3.58. The molecule has 2 rings (SSSR count). The van der Waals surface area contributed by atoms with Crippen LogP contribution in [0.1, 0.15) is 18.9 Å². The molecule has 1 aliphatic rings. The second-order valence-corrected chi connectivity index (χ2v) is 5.03. The Morgan fingerprint density at radius 2 is 2.16 bits per heavy atom. The average Bonchev–Trinajstić information content (AvgIpc) is 2.40. The van der Waals surface area contributed by atoms with Gasteiger partial charge in [0, 0.05) is 19.1 Å². The molecule has 0 saturated carbocycles. The number of carbonyl (C=O) groups is 1. The Balaban J connectivity index is 1.88. The monoisotopic (exact) mass is 262 g/mol. The van der Waals surface area contributed by atoms with Gasteiger partial charge < -0.3 is 10.5 Å². The molecule has 0 unspecified atom stereocenters. The van der Waals surface area contributed by atoms with Crippen molar-refractivity contribution in [2.75, 3.05) is 19.7 Å². The van der Waals surface area contributed by atoms with Gasteiger partial charge in [-0.05, 0) is 25.5 Å². The largest absolute Gasteiger partial charge is 0.466 e. The van der Waals surface area contributed by atoms with Crippen molar-refractivity contribution < 1.29 is 9.53 Å². The number of benzene rings is 1. The lowest BCUT2D eigenvalue weighted by molar-refractivity contribution is -0.150. The zero-order valence-electron chi connectivity index (χ0n) is 11.4. The molecular formula is C15H22N2O2. The van der Waals surface area contributed by atoms with Crippen LogP contribution in [0.5, 0.6) is 0 Å². The third kappa shape index (κ3) is 3.78. The molecule has 2 N–H and O–H groups in total. The van der Waals surface area contributed by atoms with Gasteiger partial charge in [0.2, 0.25) is 0 Å². The molecule has 1 saturated heterocycles. The first kappa shape index (κ1) is 14.0. The van der Waals surface area contributed by atoms with Crippen LogP contribution in [0.25, 0.3) is 0 Å². The molecular weight excluding hydrogens is 240 g/mol. The highest BCUT2D eigenvalue weighted by molar-refractivity contribution is 5.73. The van der Waals surface area contributed by atoms with E-state index in [1.165, 1.54) is 5.56 Å². The molecule has 1 heterocycles. The van der Waals surface area contributed by atoms with Gasteiger partial charge >= 0.3 is 5.97 Å².